The maximum Gasteiger partial charge on any atom is 0.242 e. The molecule has 0 bridgehead atoms. The number of amides is 1. The molecular weight excluding hydrogens is 246 g/mol. The molecule has 1 aliphatic rings. The molecule has 1 fully saturated rings. The van der Waals surface area contributed by atoms with Gasteiger partial charge in [0, 0.05) is 31.3 Å². The van der Waals surface area contributed by atoms with E-state index in [1.54, 1.807) is 11.2 Å². The molecular formula is C13H21N3O3. The Morgan fingerprint density at radius 1 is 1.58 bits per heavy atom. The summed E-state index contributed by atoms with van der Waals surface area (Å²) in [5.41, 5.74) is 1.96. The predicted molar refractivity (Wildman–Crippen MR) is 69.7 cm³/mol. The molecule has 19 heavy (non-hydrogen) atoms. The SMILES string of the molecule is Cc1ncn(CC(=O)N2CCOC[C@H](CO)C2)c1C. The van der Waals surface area contributed by atoms with Gasteiger partial charge >= 0.3 is 0 Å². The standard InChI is InChI=1S/C13H21N3O3/c1-10-11(2)16(9-14-10)6-13(18)15-3-4-19-8-12(5-15)7-17/h9,12,17H,3-8H2,1-2H3/t12-/m0/s1. The summed E-state index contributed by atoms with van der Waals surface area (Å²) in [6.45, 7) is 6.42. The van der Waals surface area contributed by atoms with Crippen LogP contribution in [0.25, 0.3) is 0 Å². The molecule has 1 N–H and O–H groups in total. The van der Waals surface area contributed by atoms with E-state index in [4.69, 9.17) is 4.74 Å². The third kappa shape index (κ3) is 3.33. The van der Waals surface area contributed by atoms with Gasteiger partial charge in [0.1, 0.15) is 6.54 Å². The number of hydrogen-bond donors (Lipinski definition) is 1. The van der Waals surface area contributed by atoms with Crippen molar-refractivity contribution in [2.24, 2.45) is 5.92 Å². The molecule has 1 aromatic rings. The number of carbonyl (C=O) groups excluding carboxylic acids is 1. The molecule has 6 nitrogen and oxygen atoms in total. The number of aliphatic hydroxyl groups is 1. The topological polar surface area (TPSA) is 67.6 Å². The van der Waals surface area contributed by atoms with Gasteiger partial charge in [0.05, 0.1) is 25.2 Å². The average molecular weight is 267 g/mol. The first-order valence-electron chi connectivity index (χ1n) is 6.56. The molecule has 106 valence electrons. The zero-order valence-corrected chi connectivity index (χ0v) is 11.5. The highest BCUT2D eigenvalue weighted by Crippen LogP contribution is 2.09. The van der Waals surface area contributed by atoms with Crippen LogP contribution in [0.3, 0.4) is 0 Å². The number of rotatable bonds is 3. The van der Waals surface area contributed by atoms with E-state index in [1.807, 2.05) is 18.4 Å². The molecule has 1 aliphatic heterocycles. The van der Waals surface area contributed by atoms with Gasteiger partial charge < -0.3 is 19.3 Å². The molecule has 0 aliphatic carbocycles. The third-order valence-electron chi connectivity index (χ3n) is 3.60. The maximum atomic E-state index is 12.3. The second-order valence-corrected chi connectivity index (χ2v) is 5.01. The van der Waals surface area contributed by atoms with Crippen molar-refractivity contribution >= 4 is 5.91 Å². The van der Waals surface area contributed by atoms with E-state index >= 15 is 0 Å². The van der Waals surface area contributed by atoms with Crippen molar-refractivity contribution in [1.29, 1.82) is 0 Å². The Balaban J connectivity index is 2.00. The van der Waals surface area contributed by atoms with E-state index in [9.17, 15) is 9.90 Å². The summed E-state index contributed by atoms with van der Waals surface area (Å²) in [4.78, 5) is 18.2. The van der Waals surface area contributed by atoms with E-state index in [0.717, 1.165) is 11.4 Å². The first-order valence-corrected chi connectivity index (χ1v) is 6.56. The van der Waals surface area contributed by atoms with Crippen molar-refractivity contribution in [1.82, 2.24) is 14.5 Å². The molecule has 0 aromatic carbocycles. The third-order valence-corrected chi connectivity index (χ3v) is 3.60. The molecule has 1 aromatic heterocycles. The van der Waals surface area contributed by atoms with Crippen LogP contribution < -0.4 is 0 Å². The van der Waals surface area contributed by atoms with Gasteiger partial charge in [-0.15, -0.1) is 0 Å². The molecule has 1 amide bonds. The normalized spacial score (nSPS) is 20.4. The lowest BCUT2D eigenvalue weighted by atomic mass is 10.1. The van der Waals surface area contributed by atoms with Crippen molar-refractivity contribution in [2.75, 3.05) is 32.9 Å². The van der Waals surface area contributed by atoms with Gasteiger partial charge in [-0.1, -0.05) is 0 Å². The second-order valence-electron chi connectivity index (χ2n) is 5.01. The van der Waals surface area contributed by atoms with E-state index in [2.05, 4.69) is 4.98 Å². The average Bonchev–Trinajstić information content (AvgIpc) is 2.63. The monoisotopic (exact) mass is 267 g/mol. The number of aromatic nitrogens is 2. The Morgan fingerprint density at radius 3 is 3.00 bits per heavy atom. The first-order chi connectivity index (χ1) is 9.11. The van der Waals surface area contributed by atoms with E-state index < -0.39 is 0 Å². The number of aliphatic hydroxyl groups excluding tert-OH is 1. The van der Waals surface area contributed by atoms with E-state index in [1.165, 1.54) is 0 Å². The van der Waals surface area contributed by atoms with E-state index in [0.29, 0.717) is 32.8 Å². The largest absolute Gasteiger partial charge is 0.396 e. The second kappa shape index (κ2) is 6.16. The Bertz CT molecular complexity index is 444. The van der Waals surface area contributed by atoms with Crippen LogP contribution in [0.1, 0.15) is 11.4 Å². The molecule has 0 saturated carbocycles. The fourth-order valence-corrected chi connectivity index (χ4v) is 2.17. The minimum atomic E-state index is 0.0112. The molecule has 0 unspecified atom stereocenters. The van der Waals surface area contributed by atoms with Crippen LogP contribution >= 0.6 is 0 Å². The smallest absolute Gasteiger partial charge is 0.242 e. The van der Waals surface area contributed by atoms with Crippen LogP contribution in [0.2, 0.25) is 0 Å². The van der Waals surface area contributed by atoms with Crippen molar-refractivity contribution in [2.45, 2.75) is 20.4 Å². The lowest BCUT2D eigenvalue weighted by Crippen LogP contribution is -2.38. The van der Waals surface area contributed by atoms with Crippen molar-refractivity contribution in [3.8, 4) is 0 Å². The minimum Gasteiger partial charge on any atom is -0.396 e. The zero-order chi connectivity index (χ0) is 13.8. The Kier molecular flexibility index (Phi) is 4.55. The van der Waals surface area contributed by atoms with Crippen LogP contribution in [-0.4, -0.2) is 58.4 Å². The highest BCUT2D eigenvalue weighted by atomic mass is 16.5. The lowest BCUT2D eigenvalue weighted by molar-refractivity contribution is -0.132. The Hall–Kier alpha value is -1.40. The molecule has 1 atom stereocenters. The summed E-state index contributed by atoms with van der Waals surface area (Å²) in [5.74, 6) is 0.0570. The summed E-state index contributed by atoms with van der Waals surface area (Å²) in [7, 11) is 0. The number of imidazole rings is 1. The van der Waals surface area contributed by atoms with Gasteiger partial charge in [-0.25, -0.2) is 4.98 Å². The summed E-state index contributed by atoms with van der Waals surface area (Å²) < 4.78 is 7.24. The maximum absolute atomic E-state index is 12.3. The van der Waals surface area contributed by atoms with Gasteiger partial charge in [-0.3, -0.25) is 4.79 Å². The van der Waals surface area contributed by atoms with Crippen LogP contribution in [-0.2, 0) is 16.1 Å². The molecule has 0 radical (unpaired) electrons. The number of aryl methyl sites for hydroxylation is 1. The van der Waals surface area contributed by atoms with Crippen molar-refractivity contribution in [3.63, 3.8) is 0 Å². The minimum absolute atomic E-state index is 0.0112. The molecule has 1 saturated heterocycles. The summed E-state index contributed by atoms with van der Waals surface area (Å²) in [6.07, 6.45) is 1.69. The van der Waals surface area contributed by atoms with Gasteiger partial charge in [0.15, 0.2) is 0 Å². The van der Waals surface area contributed by atoms with Crippen LogP contribution in [0.4, 0.5) is 0 Å². The van der Waals surface area contributed by atoms with Gasteiger partial charge in [0.25, 0.3) is 0 Å². The van der Waals surface area contributed by atoms with Crippen LogP contribution in [0, 0.1) is 19.8 Å². The molecule has 2 heterocycles. The van der Waals surface area contributed by atoms with Gasteiger partial charge in [-0.2, -0.15) is 0 Å². The number of ether oxygens (including phenoxy) is 1. The highest BCUT2D eigenvalue weighted by Gasteiger charge is 2.22. The summed E-state index contributed by atoms with van der Waals surface area (Å²) in [5, 5.41) is 9.22. The zero-order valence-electron chi connectivity index (χ0n) is 11.5. The molecule has 2 rings (SSSR count). The summed E-state index contributed by atoms with van der Waals surface area (Å²) >= 11 is 0. The van der Waals surface area contributed by atoms with Crippen LogP contribution in [0.15, 0.2) is 6.33 Å². The lowest BCUT2D eigenvalue weighted by Gasteiger charge is -2.23. The summed E-state index contributed by atoms with van der Waals surface area (Å²) in [6, 6.07) is 0. The fourth-order valence-electron chi connectivity index (χ4n) is 2.17. The number of hydrogen-bond acceptors (Lipinski definition) is 4. The molecule has 6 heteroatoms. The van der Waals surface area contributed by atoms with Crippen LogP contribution in [0.5, 0.6) is 0 Å². The van der Waals surface area contributed by atoms with Gasteiger partial charge in [-0.05, 0) is 13.8 Å². The Morgan fingerprint density at radius 2 is 2.37 bits per heavy atom. The van der Waals surface area contributed by atoms with Gasteiger partial charge in [0.2, 0.25) is 5.91 Å². The van der Waals surface area contributed by atoms with Crippen molar-refractivity contribution in [3.05, 3.63) is 17.7 Å². The first kappa shape index (κ1) is 14.0. The quantitative estimate of drug-likeness (QED) is 0.835. The fraction of sp³-hybridized carbons (Fsp3) is 0.692. The highest BCUT2D eigenvalue weighted by molar-refractivity contribution is 5.76. The number of carbonyl (C=O) groups is 1. The number of nitrogens with zero attached hydrogens (tertiary/aromatic N) is 3. The predicted octanol–water partition coefficient (Wildman–Crippen LogP) is -0.0328. The molecule has 0 spiro atoms. The Labute approximate surface area is 113 Å². The van der Waals surface area contributed by atoms with E-state index in [-0.39, 0.29) is 18.4 Å². The van der Waals surface area contributed by atoms with Crippen molar-refractivity contribution < 1.29 is 14.6 Å².